The summed E-state index contributed by atoms with van der Waals surface area (Å²) in [6.45, 7) is 4.85. The maximum Gasteiger partial charge on any atom is 0.150 e. The normalized spacial score (nSPS) is 10.5. The van der Waals surface area contributed by atoms with E-state index in [4.69, 9.17) is 0 Å². The summed E-state index contributed by atoms with van der Waals surface area (Å²) in [6, 6.07) is 8.34. The van der Waals surface area contributed by atoms with Crippen molar-refractivity contribution >= 4 is 5.69 Å². The van der Waals surface area contributed by atoms with Crippen molar-refractivity contribution in [2.75, 3.05) is 5.32 Å². The molecular formula is C13H18N4. The van der Waals surface area contributed by atoms with E-state index >= 15 is 0 Å². The molecule has 0 fully saturated rings. The average Bonchev–Trinajstić information content (AvgIpc) is 2.69. The Morgan fingerprint density at radius 2 is 1.94 bits per heavy atom. The number of aryl methyl sites for hydroxylation is 3. The zero-order valence-electron chi connectivity index (χ0n) is 10.6. The number of aromatic nitrogens is 3. The van der Waals surface area contributed by atoms with Crippen molar-refractivity contribution in [2.45, 2.75) is 26.8 Å². The monoisotopic (exact) mass is 230 g/mol. The van der Waals surface area contributed by atoms with Crippen LogP contribution in [0.4, 0.5) is 5.69 Å². The Bertz CT molecular complexity index is 485. The summed E-state index contributed by atoms with van der Waals surface area (Å²) >= 11 is 0. The highest BCUT2D eigenvalue weighted by Gasteiger charge is 2.04. The van der Waals surface area contributed by atoms with Gasteiger partial charge < -0.3 is 5.32 Å². The highest BCUT2D eigenvalue weighted by atomic mass is 15.3. The van der Waals surface area contributed by atoms with Crippen LogP contribution in [0.5, 0.6) is 0 Å². The summed E-state index contributed by atoms with van der Waals surface area (Å²) in [7, 11) is 1.93. The first-order chi connectivity index (χ1) is 8.19. The fourth-order valence-electron chi connectivity index (χ4n) is 1.63. The van der Waals surface area contributed by atoms with Gasteiger partial charge in [-0.15, -0.1) is 0 Å². The average molecular weight is 230 g/mol. The molecule has 0 aliphatic heterocycles. The van der Waals surface area contributed by atoms with E-state index in [1.54, 1.807) is 0 Å². The summed E-state index contributed by atoms with van der Waals surface area (Å²) in [4.78, 5) is 4.45. The molecule has 1 heterocycles. The van der Waals surface area contributed by atoms with Crippen molar-refractivity contribution in [3.05, 3.63) is 41.5 Å². The topological polar surface area (TPSA) is 42.7 Å². The first-order valence-electron chi connectivity index (χ1n) is 5.88. The summed E-state index contributed by atoms with van der Waals surface area (Å²) in [5, 5.41) is 7.66. The van der Waals surface area contributed by atoms with E-state index in [1.807, 2.05) is 11.7 Å². The molecular weight excluding hydrogens is 212 g/mol. The van der Waals surface area contributed by atoms with E-state index in [0.29, 0.717) is 6.54 Å². The van der Waals surface area contributed by atoms with Gasteiger partial charge in [-0.1, -0.05) is 24.6 Å². The van der Waals surface area contributed by atoms with Gasteiger partial charge in [-0.3, -0.25) is 4.68 Å². The number of nitrogens with one attached hydrogen (secondary N) is 1. The molecule has 2 rings (SSSR count). The third-order valence-corrected chi connectivity index (χ3v) is 2.72. The molecule has 0 amide bonds. The number of anilines is 1. The molecule has 2 aromatic rings. The molecule has 0 atom stereocenters. The van der Waals surface area contributed by atoms with E-state index in [0.717, 1.165) is 23.8 Å². The molecule has 4 nitrogen and oxygen atoms in total. The third-order valence-electron chi connectivity index (χ3n) is 2.72. The van der Waals surface area contributed by atoms with Crippen LogP contribution in [-0.4, -0.2) is 14.8 Å². The van der Waals surface area contributed by atoms with Gasteiger partial charge in [0, 0.05) is 19.2 Å². The Labute approximate surface area is 102 Å². The number of nitrogens with zero attached hydrogens (tertiary/aromatic N) is 3. The van der Waals surface area contributed by atoms with Gasteiger partial charge in [0.15, 0.2) is 5.82 Å². The minimum absolute atomic E-state index is 0.701. The lowest BCUT2D eigenvalue weighted by Gasteiger charge is -2.05. The first kappa shape index (κ1) is 11.6. The summed E-state index contributed by atoms with van der Waals surface area (Å²) in [5.74, 6) is 1.86. The SMILES string of the molecule is CCc1nc(CNc2ccc(C)cc2)n(C)n1. The predicted octanol–water partition coefficient (Wildman–Crippen LogP) is 2.30. The highest BCUT2D eigenvalue weighted by Crippen LogP contribution is 2.09. The van der Waals surface area contributed by atoms with Crippen molar-refractivity contribution in [3.8, 4) is 0 Å². The van der Waals surface area contributed by atoms with Crippen LogP contribution in [0, 0.1) is 6.92 Å². The smallest absolute Gasteiger partial charge is 0.150 e. The Morgan fingerprint density at radius 3 is 2.53 bits per heavy atom. The lowest BCUT2D eigenvalue weighted by molar-refractivity contribution is 0.703. The second kappa shape index (κ2) is 4.99. The van der Waals surface area contributed by atoms with Crippen LogP contribution in [0.15, 0.2) is 24.3 Å². The van der Waals surface area contributed by atoms with Crippen LogP contribution >= 0.6 is 0 Å². The lowest BCUT2D eigenvalue weighted by atomic mass is 10.2. The van der Waals surface area contributed by atoms with Crippen molar-refractivity contribution in [1.82, 2.24) is 14.8 Å². The minimum atomic E-state index is 0.701. The maximum atomic E-state index is 4.45. The summed E-state index contributed by atoms with van der Waals surface area (Å²) < 4.78 is 1.83. The molecule has 1 aromatic heterocycles. The van der Waals surface area contributed by atoms with Crippen LogP contribution < -0.4 is 5.32 Å². The van der Waals surface area contributed by atoms with Crippen LogP contribution in [0.3, 0.4) is 0 Å². The largest absolute Gasteiger partial charge is 0.378 e. The number of benzene rings is 1. The number of rotatable bonds is 4. The van der Waals surface area contributed by atoms with Crippen LogP contribution in [0.1, 0.15) is 24.1 Å². The maximum absolute atomic E-state index is 4.45. The molecule has 0 saturated carbocycles. The lowest BCUT2D eigenvalue weighted by Crippen LogP contribution is -2.06. The van der Waals surface area contributed by atoms with Gasteiger partial charge in [0.25, 0.3) is 0 Å². The van der Waals surface area contributed by atoms with Crippen molar-refractivity contribution in [1.29, 1.82) is 0 Å². The molecule has 0 unspecified atom stereocenters. The summed E-state index contributed by atoms with van der Waals surface area (Å²) in [6.07, 6.45) is 0.873. The molecule has 0 aliphatic rings. The molecule has 0 spiro atoms. The Kier molecular flexibility index (Phi) is 3.42. The van der Waals surface area contributed by atoms with Crippen molar-refractivity contribution in [2.24, 2.45) is 7.05 Å². The Hall–Kier alpha value is -1.84. The number of hydrogen-bond donors (Lipinski definition) is 1. The van der Waals surface area contributed by atoms with E-state index in [1.165, 1.54) is 5.56 Å². The molecule has 0 bridgehead atoms. The quantitative estimate of drug-likeness (QED) is 0.876. The number of hydrogen-bond acceptors (Lipinski definition) is 3. The van der Waals surface area contributed by atoms with E-state index in [-0.39, 0.29) is 0 Å². The van der Waals surface area contributed by atoms with E-state index < -0.39 is 0 Å². The molecule has 17 heavy (non-hydrogen) atoms. The van der Waals surface area contributed by atoms with Gasteiger partial charge in [0.2, 0.25) is 0 Å². The van der Waals surface area contributed by atoms with E-state index in [9.17, 15) is 0 Å². The van der Waals surface area contributed by atoms with Crippen LogP contribution in [0.2, 0.25) is 0 Å². The second-order valence-corrected chi connectivity index (χ2v) is 4.14. The fourth-order valence-corrected chi connectivity index (χ4v) is 1.63. The fraction of sp³-hybridized carbons (Fsp3) is 0.385. The summed E-state index contributed by atoms with van der Waals surface area (Å²) in [5.41, 5.74) is 2.37. The van der Waals surface area contributed by atoms with Gasteiger partial charge in [-0.25, -0.2) is 4.98 Å². The van der Waals surface area contributed by atoms with Gasteiger partial charge in [0.05, 0.1) is 6.54 Å². The minimum Gasteiger partial charge on any atom is -0.378 e. The standard InChI is InChI=1S/C13H18N4/c1-4-12-15-13(17(3)16-12)9-14-11-7-5-10(2)6-8-11/h5-8,14H,4,9H2,1-3H3. The second-order valence-electron chi connectivity index (χ2n) is 4.14. The first-order valence-corrected chi connectivity index (χ1v) is 5.88. The molecule has 0 radical (unpaired) electrons. The van der Waals surface area contributed by atoms with Gasteiger partial charge in [0.1, 0.15) is 5.82 Å². The molecule has 4 heteroatoms. The molecule has 1 N–H and O–H groups in total. The van der Waals surface area contributed by atoms with Crippen molar-refractivity contribution in [3.63, 3.8) is 0 Å². The Balaban J connectivity index is 2.01. The zero-order valence-corrected chi connectivity index (χ0v) is 10.6. The van der Waals surface area contributed by atoms with Gasteiger partial charge in [-0.2, -0.15) is 5.10 Å². The van der Waals surface area contributed by atoms with Crippen LogP contribution in [0.25, 0.3) is 0 Å². The Morgan fingerprint density at radius 1 is 1.24 bits per heavy atom. The van der Waals surface area contributed by atoms with Gasteiger partial charge in [-0.05, 0) is 19.1 Å². The highest BCUT2D eigenvalue weighted by molar-refractivity contribution is 5.44. The van der Waals surface area contributed by atoms with Gasteiger partial charge >= 0.3 is 0 Å². The molecule has 1 aromatic carbocycles. The molecule has 0 saturated heterocycles. The predicted molar refractivity (Wildman–Crippen MR) is 68.9 cm³/mol. The third kappa shape index (κ3) is 2.84. The zero-order chi connectivity index (χ0) is 12.3. The van der Waals surface area contributed by atoms with Crippen LogP contribution in [-0.2, 0) is 20.0 Å². The van der Waals surface area contributed by atoms with E-state index in [2.05, 4.69) is 53.5 Å². The molecule has 90 valence electrons. The molecule has 0 aliphatic carbocycles. The van der Waals surface area contributed by atoms with Crippen molar-refractivity contribution < 1.29 is 0 Å².